The van der Waals surface area contributed by atoms with E-state index in [4.69, 9.17) is 11.6 Å². The molecule has 28 heavy (non-hydrogen) atoms. The van der Waals surface area contributed by atoms with Crippen LogP contribution in [0.25, 0.3) is 0 Å². The van der Waals surface area contributed by atoms with Crippen LogP contribution in [0.15, 0.2) is 42.5 Å². The molecule has 146 valence electrons. The molecule has 1 N–H and O–H groups in total. The highest BCUT2D eigenvalue weighted by atomic mass is 35.5. The molecular formula is C17H15ClN4O6. The van der Waals surface area contributed by atoms with Crippen LogP contribution in [-0.4, -0.2) is 40.2 Å². The highest BCUT2D eigenvalue weighted by molar-refractivity contribution is 6.31. The number of carbonyl (C=O) groups is 2. The lowest BCUT2D eigenvalue weighted by atomic mass is 10.2. The zero-order chi connectivity index (χ0) is 20.8. The van der Waals surface area contributed by atoms with Crippen LogP contribution in [0, 0.1) is 20.2 Å². The maximum Gasteiger partial charge on any atom is 0.270 e. The van der Waals surface area contributed by atoms with Crippen molar-refractivity contribution in [3.63, 3.8) is 0 Å². The summed E-state index contributed by atoms with van der Waals surface area (Å²) >= 11 is 6.01. The van der Waals surface area contributed by atoms with Crippen LogP contribution in [0.2, 0.25) is 5.02 Å². The van der Waals surface area contributed by atoms with E-state index in [1.807, 2.05) is 0 Å². The molecule has 0 heterocycles. The van der Waals surface area contributed by atoms with Gasteiger partial charge in [0.25, 0.3) is 17.3 Å². The summed E-state index contributed by atoms with van der Waals surface area (Å²) in [5.74, 6) is -1.11. The van der Waals surface area contributed by atoms with Crippen LogP contribution >= 0.6 is 11.6 Å². The zero-order valence-electron chi connectivity index (χ0n) is 14.6. The number of nitrogens with one attached hydrogen (secondary N) is 1. The first kappa shape index (κ1) is 20.8. The van der Waals surface area contributed by atoms with Gasteiger partial charge in [-0.15, -0.1) is 0 Å². The van der Waals surface area contributed by atoms with Crippen LogP contribution in [-0.2, 0) is 11.3 Å². The molecular weight excluding hydrogens is 392 g/mol. The Hall–Kier alpha value is -3.53. The van der Waals surface area contributed by atoms with Crippen molar-refractivity contribution in [3.05, 3.63) is 78.8 Å². The summed E-state index contributed by atoms with van der Waals surface area (Å²) in [5.41, 5.74) is 0.0405. The largest absolute Gasteiger partial charge is 0.343 e. The van der Waals surface area contributed by atoms with Gasteiger partial charge in [-0.3, -0.25) is 29.8 Å². The monoisotopic (exact) mass is 406 g/mol. The third kappa shape index (κ3) is 5.24. The summed E-state index contributed by atoms with van der Waals surface area (Å²) in [6, 6.07) is 9.01. The summed E-state index contributed by atoms with van der Waals surface area (Å²) in [4.78, 5) is 46.0. The maximum absolute atomic E-state index is 12.2. The van der Waals surface area contributed by atoms with E-state index >= 15 is 0 Å². The van der Waals surface area contributed by atoms with Gasteiger partial charge in [-0.05, 0) is 17.7 Å². The Morgan fingerprint density at radius 2 is 1.71 bits per heavy atom. The lowest BCUT2D eigenvalue weighted by Gasteiger charge is -2.18. The summed E-state index contributed by atoms with van der Waals surface area (Å²) in [7, 11) is 1.46. The molecule has 11 heteroatoms. The van der Waals surface area contributed by atoms with Gasteiger partial charge in [0.2, 0.25) is 5.91 Å². The number of amides is 2. The van der Waals surface area contributed by atoms with Gasteiger partial charge in [-0.25, -0.2) is 0 Å². The molecule has 0 aromatic heterocycles. The van der Waals surface area contributed by atoms with Gasteiger partial charge in [0, 0.05) is 48.4 Å². The predicted molar refractivity (Wildman–Crippen MR) is 100 cm³/mol. The van der Waals surface area contributed by atoms with Crippen LogP contribution in [0.1, 0.15) is 15.9 Å². The molecule has 0 spiro atoms. The Bertz CT molecular complexity index is 949. The number of hydrogen-bond donors (Lipinski definition) is 1. The number of benzene rings is 2. The maximum atomic E-state index is 12.2. The Kier molecular flexibility index (Phi) is 6.61. The minimum Gasteiger partial charge on any atom is -0.343 e. The van der Waals surface area contributed by atoms with Crippen molar-refractivity contribution < 1.29 is 19.4 Å². The van der Waals surface area contributed by atoms with Crippen molar-refractivity contribution in [1.29, 1.82) is 0 Å². The molecule has 0 aliphatic carbocycles. The topological polar surface area (TPSA) is 136 Å². The minimum absolute atomic E-state index is 0.00598. The quantitative estimate of drug-likeness (QED) is 0.554. The SMILES string of the molecule is CN(Cc1cc([N+](=O)[O-])ccc1Cl)C(=O)CNC(=O)c1cccc([N+](=O)[O-])c1. The second kappa shape index (κ2) is 8.91. The molecule has 10 nitrogen and oxygen atoms in total. The molecule has 2 rings (SSSR count). The Labute approximate surface area is 164 Å². The number of nitrogens with zero attached hydrogens (tertiary/aromatic N) is 3. The van der Waals surface area contributed by atoms with E-state index in [-0.39, 0.29) is 35.1 Å². The fourth-order valence-electron chi connectivity index (χ4n) is 2.29. The van der Waals surface area contributed by atoms with Gasteiger partial charge in [0.1, 0.15) is 0 Å². The first-order chi connectivity index (χ1) is 13.2. The molecule has 0 saturated heterocycles. The minimum atomic E-state index is -0.640. The lowest BCUT2D eigenvalue weighted by Crippen LogP contribution is -2.37. The Morgan fingerprint density at radius 3 is 2.36 bits per heavy atom. The highest BCUT2D eigenvalue weighted by Gasteiger charge is 2.17. The van der Waals surface area contributed by atoms with E-state index in [2.05, 4.69) is 5.32 Å². The van der Waals surface area contributed by atoms with Crippen molar-refractivity contribution in [1.82, 2.24) is 10.2 Å². The van der Waals surface area contributed by atoms with Crippen LogP contribution < -0.4 is 5.32 Å². The van der Waals surface area contributed by atoms with E-state index in [0.29, 0.717) is 5.56 Å². The van der Waals surface area contributed by atoms with Crippen LogP contribution in [0.4, 0.5) is 11.4 Å². The fraction of sp³-hybridized carbons (Fsp3) is 0.176. The van der Waals surface area contributed by atoms with E-state index < -0.39 is 21.7 Å². The molecule has 0 aliphatic rings. The molecule has 0 saturated carbocycles. The lowest BCUT2D eigenvalue weighted by molar-refractivity contribution is -0.385. The first-order valence-corrected chi connectivity index (χ1v) is 8.26. The van der Waals surface area contributed by atoms with Crippen molar-refractivity contribution >= 4 is 34.8 Å². The number of nitro groups is 2. The number of halogens is 1. The van der Waals surface area contributed by atoms with Gasteiger partial charge >= 0.3 is 0 Å². The van der Waals surface area contributed by atoms with Gasteiger partial charge in [0.15, 0.2) is 0 Å². The van der Waals surface area contributed by atoms with Gasteiger partial charge in [-0.1, -0.05) is 17.7 Å². The number of nitro benzene ring substituents is 2. The number of hydrogen-bond acceptors (Lipinski definition) is 6. The average Bonchev–Trinajstić information content (AvgIpc) is 2.67. The average molecular weight is 407 g/mol. The number of rotatable bonds is 7. The Morgan fingerprint density at radius 1 is 1.07 bits per heavy atom. The number of carbonyl (C=O) groups excluding carboxylic acids is 2. The first-order valence-electron chi connectivity index (χ1n) is 7.88. The fourth-order valence-corrected chi connectivity index (χ4v) is 2.47. The summed E-state index contributed by atoms with van der Waals surface area (Å²) in [6.07, 6.45) is 0. The molecule has 0 unspecified atom stereocenters. The summed E-state index contributed by atoms with van der Waals surface area (Å²) in [6.45, 7) is -0.351. The molecule has 2 amide bonds. The molecule has 2 aromatic rings. The molecule has 0 radical (unpaired) electrons. The molecule has 0 fully saturated rings. The summed E-state index contributed by atoms with van der Waals surface area (Å²) in [5, 5.41) is 24.3. The number of likely N-dealkylation sites (N-methyl/N-ethyl adjacent to an activating group) is 1. The van der Waals surface area contributed by atoms with E-state index in [1.165, 1.54) is 48.3 Å². The molecule has 0 aliphatic heterocycles. The summed E-state index contributed by atoms with van der Waals surface area (Å²) < 4.78 is 0. The van der Waals surface area contributed by atoms with Crippen molar-refractivity contribution in [2.24, 2.45) is 0 Å². The number of non-ortho nitro benzene ring substituents is 2. The highest BCUT2D eigenvalue weighted by Crippen LogP contribution is 2.23. The Balaban J connectivity index is 1.98. The van der Waals surface area contributed by atoms with Crippen LogP contribution in [0.3, 0.4) is 0 Å². The molecule has 0 bridgehead atoms. The van der Waals surface area contributed by atoms with E-state index in [0.717, 1.165) is 6.07 Å². The van der Waals surface area contributed by atoms with Crippen molar-refractivity contribution in [3.8, 4) is 0 Å². The van der Waals surface area contributed by atoms with Gasteiger partial charge < -0.3 is 10.2 Å². The van der Waals surface area contributed by atoms with E-state index in [9.17, 15) is 29.8 Å². The van der Waals surface area contributed by atoms with E-state index in [1.54, 1.807) is 0 Å². The van der Waals surface area contributed by atoms with Gasteiger partial charge in [0.05, 0.1) is 16.4 Å². The second-order valence-corrected chi connectivity index (χ2v) is 6.18. The predicted octanol–water partition coefficient (Wildman–Crippen LogP) is 2.54. The van der Waals surface area contributed by atoms with Crippen molar-refractivity contribution in [2.75, 3.05) is 13.6 Å². The smallest absolute Gasteiger partial charge is 0.270 e. The zero-order valence-corrected chi connectivity index (χ0v) is 15.4. The normalized spacial score (nSPS) is 10.2. The molecule has 0 atom stereocenters. The van der Waals surface area contributed by atoms with Crippen molar-refractivity contribution in [2.45, 2.75) is 6.54 Å². The molecule has 2 aromatic carbocycles. The second-order valence-electron chi connectivity index (χ2n) is 5.77. The third-order valence-electron chi connectivity index (χ3n) is 3.79. The van der Waals surface area contributed by atoms with Gasteiger partial charge in [-0.2, -0.15) is 0 Å². The third-order valence-corrected chi connectivity index (χ3v) is 4.16. The van der Waals surface area contributed by atoms with Crippen LogP contribution in [0.5, 0.6) is 0 Å². The standard InChI is InChI=1S/C17H15ClN4O6/c1-20(10-12-8-14(22(27)28)5-6-15(12)18)16(23)9-19-17(24)11-3-2-4-13(7-11)21(25)26/h2-8H,9-10H2,1H3,(H,19,24).